The first kappa shape index (κ1) is 18.1. The number of ether oxygens (including phenoxy) is 2. The van der Waals surface area contributed by atoms with Gasteiger partial charge >= 0.3 is 10.4 Å². The molecule has 0 saturated heterocycles. The third-order valence-electron chi connectivity index (χ3n) is 0.998. The van der Waals surface area contributed by atoms with Crippen LogP contribution in [0.2, 0.25) is 0 Å². The number of hydrogen-bond donors (Lipinski definition) is 3. The first-order chi connectivity index (χ1) is 7.06. The van der Waals surface area contributed by atoms with Gasteiger partial charge in [-0.3, -0.25) is 9.11 Å². The van der Waals surface area contributed by atoms with Gasteiger partial charge in [-0.15, -0.1) is 0 Å². The zero-order valence-electron chi connectivity index (χ0n) is 9.71. The highest BCUT2D eigenvalue weighted by molar-refractivity contribution is 7.79. The smallest absolute Gasteiger partial charge is 0.394 e. The maximum absolute atomic E-state index is 8.74. The monoisotopic (exact) mass is 260 g/mol. The predicted molar refractivity (Wildman–Crippen MR) is 57.8 cm³/mol. The summed E-state index contributed by atoms with van der Waals surface area (Å²) < 4.78 is 42.0. The van der Waals surface area contributed by atoms with Crippen LogP contribution in [0.5, 0.6) is 0 Å². The second-order valence-electron chi connectivity index (χ2n) is 3.74. The Hall–Kier alpha value is -0.250. The molecule has 7 nitrogen and oxygen atoms in total. The Morgan fingerprint density at radius 2 is 1.50 bits per heavy atom. The van der Waals surface area contributed by atoms with Crippen LogP contribution in [0, 0.1) is 0 Å². The molecule has 100 valence electrons. The second kappa shape index (κ2) is 8.85. The predicted octanol–water partition coefficient (Wildman–Crippen LogP) is 0.158. The summed E-state index contributed by atoms with van der Waals surface area (Å²) in [6.07, 6.45) is 0. The molecule has 0 radical (unpaired) electrons. The van der Waals surface area contributed by atoms with E-state index in [9.17, 15) is 0 Å². The van der Waals surface area contributed by atoms with Crippen LogP contribution in [-0.4, -0.2) is 54.7 Å². The normalized spacial score (nSPS) is 11.9. The average molecular weight is 260 g/mol. The Morgan fingerprint density at radius 1 is 1.06 bits per heavy atom. The van der Waals surface area contributed by atoms with Gasteiger partial charge < -0.3 is 14.6 Å². The van der Waals surface area contributed by atoms with Crippen LogP contribution in [-0.2, 0) is 19.9 Å². The van der Waals surface area contributed by atoms with Crippen molar-refractivity contribution in [1.82, 2.24) is 0 Å². The zero-order chi connectivity index (χ0) is 13.2. The Balaban J connectivity index is 0. The second-order valence-corrected chi connectivity index (χ2v) is 4.64. The molecule has 0 aromatic heterocycles. The van der Waals surface area contributed by atoms with E-state index in [1.165, 1.54) is 0 Å². The molecule has 0 aromatic rings. The molecule has 0 unspecified atom stereocenters. The van der Waals surface area contributed by atoms with Gasteiger partial charge in [-0.1, -0.05) is 0 Å². The molecule has 16 heavy (non-hydrogen) atoms. The van der Waals surface area contributed by atoms with Crippen molar-refractivity contribution in [3.8, 4) is 0 Å². The van der Waals surface area contributed by atoms with Gasteiger partial charge in [0.25, 0.3) is 0 Å². The van der Waals surface area contributed by atoms with Crippen LogP contribution in [0.1, 0.15) is 20.8 Å². The van der Waals surface area contributed by atoms with Crippen LogP contribution in [0.25, 0.3) is 0 Å². The number of aliphatic hydroxyl groups excluding tert-OH is 1. The Morgan fingerprint density at radius 3 is 1.81 bits per heavy atom. The van der Waals surface area contributed by atoms with E-state index >= 15 is 0 Å². The fourth-order valence-electron chi connectivity index (χ4n) is 0.573. The van der Waals surface area contributed by atoms with Gasteiger partial charge in [-0.05, 0) is 20.8 Å². The molecule has 0 rings (SSSR count). The fourth-order valence-corrected chi connectivity index (χ4v) is 0.573. The fraction of sp³-hybridized carbons (Fsp3) is 1.00. The van der Waals surface area contributed by atoms with E-state index in [-0.39, 0.29) is 12.2 Å². The Bertz CT molecular complexity index is 234. The van der Waals surface area contributed by atoms with Crippen LogP contribution >= 0.6 is 0 Å². The van der Waals surface area contributed by atoms with Gasteiger partial charge in [0.1, 0.15) is 0 Å². The summed E-state index contributed by atoms with van der Waals surface area (Å²) in [4.78, 5) is 0. The molecule has 0 bridgehead atoms. The van der Waals surface area contributed by atoms with E-state index in [1.807, 2.05) is 20.8 Å². The molecule has 0 aliphatic carbocycles. The van der Waals surface area contributed by atoms with E-state index in [0.717, 1.165) is 0 Å². The number of aliphatic hydroxyl groups is 1. The van der Waals surface area contributed by atoms with E-state index in [2.05, 4.69) is 0 Å². The van der Waals surface area contributed by atoms with Gasteiger partial charge in [-0.2, -0.15) is 8.42 Å². The standard InChI is InChI=1S/C8H18O3.H2O4S/c1-8(2,3)11-7-6-10-5-4-9;1-5(2,3)4/h9H,4-7H2,1-3H3;(H2,1,2,3,4). The molecular formula is C8H20O7S. The van der Waals surface area contributed by atoms with E-state index in [0.29, 0.717) is 19.8 Å². The first-order valence-electron chi connectivity index (χ1n) is 4.58. The molecule has 0 amide bonds. The van der Waals surface area contributed by atoms with Crippen molar-refractivity contribution < 1.29 is 32.1 Å². The Kier molecular flexibility index (Phi) is 10.0. The average Bonchev–Trinajstić information content (AvgIpc) is 1.98. The van der Waals surface area contributed by atoms with Crippen LogP contribution < -0.4 is 0 Å². The highest BCUT2D eigenvalue weighted by Crippen LogP contribution is 2.05. The quantitative estimate of drug-likeness (QED) is 0.476. The van der Waals surface area contributed by atoms with Gasteiger partial charge in [0, 0.05) is 0 Å². The lowest BCUT2D eigenvalue weighted by Gasteiger charge is -2.19. The summed E-state index contributed by atoms with van der Waals surface area (Å²) in [5.41, 5.74) is -0.0947. The lowest BCUT2D eigenvalue weighted by atomic mass is 10.2. The number of hydrogen-bond acceptors (Lipinski definition) is 5. The van der Waals surface area contributed by atoms with Crippen molar-refractivity contribution in [1.29, 1.82) is 0 Å². The van der Waals surface area contributed by atoms with Crippen molar-refractivity contribution in [3.05, 3.63) is 0 Å². The molecule has 0 spiro atoms. The first-order valence-corrected chi connectivity index (χ1v) is 5.98. The minimum absolute atomic E-state index is 0.0789. The molecule has 0 saturated carbocycles. The maximum Gasteiger partial charge on any atom is 0.394 e. The summed E-state index contributed by atoms with van der Waals surface area (Å²) in [5, 5.41) is 8.36. The van der Waals surface area contributed by atoms with Gasteiger partial charge in [0.15, 0.2) is 0 Å². The summed E-state index contributed by atoms with van der Waals surface area (Å²) in [6.45, 7) is 7.61. The van der Waals surface area contributed by atoms with Crippen LogP contribution in [0.4, 0.5) is 0 Å². The minimum Gasteiger partial charge on any atom is -0.394 e. The highest BCUT2D eigenvalue weighted by Gasteiger charge is 2.08. The molecule has 3 N–H and O–H groups in total. The molecule has 0 heterocycles. The van der Waals surface area contributed by atoms with Crippen molar-refractivity contribution >= 4 is 10.4 Å². The van der Waals surface area contributed by atoms with E-state index < -0.39 is 10.4 Å². The minimum atomic E-state index is -4.67. The molecule has 0 aromatic carbocycles. The molecule has 0 aliphatic heterocycles. The lowest BCUT2D eigenvalue weighted by Crippen LogP contribution is -2.22. The van der Waals surface area contributed by atoms with E-state index in [4.69, 9.17) is 32.1 Å². The van der Waals surface area contributed by atoms with Gasteiger partial charge in [0.2, 0.25) is 0 Å². The molecule has 8 heteroatoms. The van der Waals surface area contributed by atoms with E-state index in [1.54, 1.807) is 0 Å². The SMILES string of the molecule is CC(C)(C)OCCOCCO.O=S(=O)(O)O. The highest BCUT2D eigenvalue weighted by atomic mass is 32.3. The van der Waals surface area contributed by atoms with Crippen LogP contribution in [0.3, 0.4) is 0 Å². The van der Waals surface area contributed by atoms with Crippen molar-refractivity contribution in [2.24, 2.45) is 0 Å². The number of rotatable bonds is 5. The van der Waals surface area contributed by atoms with Gasteiger partial charge in [-0.25, -0.2) is 0 Å². The third-order valence-corrected chi connectivity index (χ3v) is 0.998. The summed E-state index contributed by atoms with van der Waals surface area (Å²) in [5.74, 6) is 0. The largest absolute Gasteiger partial charge is 0.394 e. The van der Waals surface area contributed by atoms with Crippen LogP contribution in [0.15, 0.2) is 0 Å². The third kappa shape index (κ3) is 37.2. The molecular weight excluding hydrogens is 240 g/mol. The molecule has 0 aliphatic rings. The Labute approximate surface area is 96.0 Å². The molecule has 0 fully saturated rings. The zero-order valence-corrected chi connectivity index (χ0v) is 10.5. The molecule has 0 atom stereocenters. The summed E-state index contributed by atoms with van der Waals surface area (Å²) in [7, 11) is -4.67. The topological polar surface area (TPSA) is 113 Å². The van der Waals surface area contributed by atoms with Crippen molar-refractivity contribution in [2.75, 3.05) is 26.4 Å². The van der Waals surface area contributed by atoms with Gasteiger partial charge in [0.05, 0.1) is 32.0 Å². The summed E-state index contributed by atoms with van der Waals surface area (Å²) in [6, 6.07) is 0. The lowest BCUT2D eigenvalue weighted by molar-refractivity contribution is -0.0384. The summed E-state index contributed by atoms with van der Waals surface area (Å²) >= 11 is 0. The van der Waals surface area contributed by atoms with Crippen molar-refractivity contribution in [3.63, 3.8) is 0 Å². The van der Waals surface area contributed by atoms with Crippen molar-refractivity contribution in [2.45, 2.75) is 26.4 Å². The maximum atomic E-state index is 8.74.